The van der Waals surface area contributed by atoms with E-state index in [1.54, 1.807) is 0 Å². The van der Waals surface area contributed by atoms with Crippen LogP contribution >= 0.6 is 0 Å². The summed E-state index contributed by atoms with van der Waals surface area (Å²) in [5.74, 6) is 2.02. The molecular weight excluding hydrogens is 226 g/mol. The van der Waals surface area contributed by atoms with Gasteiger partial charge >= 0.3 is 0 Å². The molecule has 0 radical (unpaired) electrons. The minimum absolute atomic E-state index is 0.102. The zero-order chi connectivity index (χ0) is 12.1. The third kappa shape index (κ3) is 1.22. The van der Waals surface area contributed by atoms with Crippen molar-refractivity contribution in [3.8, 4) is 5.75 Å². The van der Waals surface area contributed by atoms with E-state index in [4.69, 9.17) is 4.74 Å². The molecular formula is C15H13NO2. The van der Waals surface area contributed by atoms with Crippen molar-refractivity contribution in [3.05, 3.63) is 53.3 Å². The van der Waals surface area contributed by atoms with Crippen molar-refractivity contribution >= 4 is 5.91 Å². The zero-order valence-corrected chi connectivity index (χ0v) is 9.85. The summed E-state index contributed by atoms with van der Waals surface area (Å²) in [7, 11) is 0. The van der Waals surface area contributed by atoms with Crippen LogP contribution in [0.3, 0.4) is 0 Å². The van der Waals surface area contributed by atoms with Crippen molar-refractivity contribution in [3.63, 3.8) is 0 Å². The first kappa shape index (κ1) is 9.95. The lowest BCUT2D eigenvalue weighted by Crippen LogP contribution is -2.44. The first-order valence-electron chi connectivity index (χ1n) is 6.29. The number of fused-ring (bicyclic) bond motifs is 2. The van der Waals surface area contributed by atoms with E-state index in [2.05, 4.69) is 11.4 Å². The maximum absolute atomic E-state index is 12.2. The highest BCUT2D eigenvalue weighted by Gasteiger charge is 2.41. The Balaban J connectivity index is 1.95. The van der Waals surface area contributed by atoms with Crippen molar-refractivity contribution < 1.29 is 9.53 Å². The molecule has 3 aliphatic rings. The van der Waals surface area contributed by atoms with Crippen LogP contribution in [0.2, 0.25) is 0 Å². The highest BCUT2D eigenvalue weighted by atomic mass is 16.5. The lowest BCUT2D eigenvalue weighted by atomic mass is 9.74. The lowest BCUT2D eigenvalue weighted by Gasteiger charge is -2.38. The van der Waals surface area contributed by atoms with Gasteiger partial charge in [-0.1, -0.05) is 24.3 Å². The minimum atomic E-state index is -0.159. The molecule has 1 aromatic carbocycles. The summed E-state index contributed by atoms with van der Waals surface area (Å²) in [5, 5.41) is 3.02. The predicted octanol–water partition coefficient (Wildman–Crippen LogP) is 2.12. The summed E-state index contributed by atoms with van der Waals surface area (Å²) in [6.45, 7) is 0.726. The van der Waals surface area contributed by atoms with Crippen LogP contribution in [0.25, 0.3) is 0 Å². The molecule has 2 atom stereocenters. The van der Waals surface area contributed by atoms with Crippen LogP contribution in [-0.4, -0.2) is 12.5 Å². The Morgan fingerprint density at radius 2 is 2.17 bits per heavy atom. The molecule has 1 aliphatic carbocycles. The highest BCUT2D eigenvalue weighted by Crippen LogP contribution is 2.46. The van der Waals surface area contributed by atoms with Gasteiger partial charge in [0, 0.05) is 18.0 Å². The summed E-state index contributed by atoms with van der Waals surface area (Å²) in [4.78, 5) is 12.2. The van der Waals surface area contributed by atoms with Crippen LogP contribution in [0.15, 0.2) is 47.7 Å². The molecule has 3 heteroatoms. The second-order valence-corrected chi connectivity index (χ2v) is 4.97. The molecule has 0 bridgehead atoms. The molecule has 1 N–H and O–H groups in total. The van der Waals surface area contributed by atoms with Crippen molar-refractivity contribution in [1.29, 1.82) is 0 Å². The van der Waals surface area contributed by atoms with Crippen molar-refractivity contribution in [2.24, 2.45) is 5.92 Å². The van der Waals surface area contributed by atoms with Crippen LogP contribution in [0.4, 0.5) is 0 Å². The summed E-state index contributed by atoms with van der Waals surface area (Å²) < 4.78 is 5.93. The van der Waals surface area contributed by atoms with Crippen LogP contribution in [0, 0.1) is 5.92 Å². The molecule has 2 unspecified atom stereocenters. The number of rotatable bonds is 0. The van der Waals surface area contributed by atoms with E-state index in [9.17, 15) is 4.79 Å². The Labute approximate surface area is 105 Å². The Hall–Kier alpha value is -2.03. The molecule has 2 heterocycles. The Morgan fingerprint density at radius 3 is 3.11 bits per heavy atom. The van der Waals surface area contributed by atoms with Crippen molar-refractivity contribution in [2.75, 3.05) is 6.54 Å². The van der Waals surface area contributed by atoms with E-state index in [1.807, 2.05) is 30.3 Å². The predicted molar refractivity (Wildman–Crippen MR) is 67.1 cm³/mol. The fraction of sp³-hybridized carbons (Fsp3) is 0.267. The fourth-order valence-corrected chi connectivity index (χ4v) is 3.13. The molecule has 0 spiro atoms. The number of piperidine rings is 1. The van der Waals surface area contributed by atoms with Gasteiger partial charge in [0.1, 0.15) is 11.5 Å². The number of benzene rings is 1. The average Bonchev–Trinajstić information content (AvgIpc) is 2.41. The standard InChI is InChI=1S/C15H13NO2/c17-15-14-10-5-1-2-6-11(10)18-12-7-3-4-9(8-16-15)13(12)14/h1-3,5-7,9,14H,4,8H2,(H,16,17). The second-order valence-electron chi connectivity index (χ2n) is 4.97. The Morgan fingerprint density at radius 1 is 1.28 bits per heavy atom. The monoisotopic (exact) mass is 239 g/mol. The Kier molecular flexibility index (Phi) is 1.92. The second kappa shape index (κ2) is 3.48. The Bertz CT molecular complexity index is 600. The quantitative estimate of drug-likeness (QED) is 0.753. The summed E-state index contributed by atoms with van der Waals surface area (Å²) in [5.41, 5.74) is 2.16. The van der Waals surface area contributed by atoms with Gasteiger partial charge in [-0.2, -0.15) is 0 Å². The summed E-state index contributed by atoms with van der Waals surface area (Å²) in [6, 6.07) is 7.82. The first-order chi connectivity index (χ1) is 8.84. The van der Waals surface area contributed by atoms with Gasteiger partial charge in [0.2, 0.25) is 5.91 Å². The van der Waals surface area contributed by atoms with Crippen LogP contribution in [0.1, 0.15) is 17.9 Å². The van der Waals surface area contributed by atoms with Gasteiger partial charge in [-0.25, -0.2) is 0 Å². The van der Waals surface area contributed by atoms with Gasteiger partial charge in [0.25, 0.3) is 0 Å². The zero-order valence-electron chi connectivity index (χ0n) is 9.85. The number of nitrogens with one attached hydrogen (secondary N) is 1. The SMILES string of the molecule is O=C1NCC2CC=CC3=C2C1c1ccccc1O3. The van der Waals surface area contributed by atoms with Gasteiger partial charge in [-0.05, 0) is 24.1 Å². The van der Waals surface area contributed by atoms with Crippen LogP contribution in [-0.2, 0) is 4.79 Å². The maximum atomic E-state index is 12.2. The van der Waals surface area contributed by atoms with E-state index < -0.39 is 0 Å². The maximum Gasteiger partial charge on any atom is 0.231 e. The molecule has 0 aromatic heterocycles. The summed E-state index contributed by atoms with van der Waals surface area (Å²) >= 11 is 0. The number of hydrogen-bond donors (Lipinski definition) is 1. The van der Waals surface area contributed by atoms with E-state index >= 15 is 0 Å². The highest BCUT2D eigenvalue weighted by molar-refractivity contribution is 5.90. The molecule has 1 fully saturated rings. The van der Waals surface area contributed by atoms with E-state index in [1.165, 1.54) is 5.57 Å². The number of ether oxygens (including phenoxy) is 1. The first-order valence-corrected chi connectivity index (χ1v) is 6.29. The van der Waals surface area contributed by atoms with E-state index in [-0.39, 0.29) is 11.8 Å². The topological polar surface area (TPSA) is 38.3 Å². The molecule has 0 saturated carbocycles. The van der Waals surface area contributed by atoms with Gasteiger partial charge in [-0.3, -0.25) is 4.79 Å². The number of carbonyl (C=O) groups excluding carboxylic acids is 1. The molecule has 90 valence electrons. The van der Waals surface area contributed by atoms with Gasteiger partial charge in [0.05, 0.1) is 5.92 Å². The summed E-state index contributed by atoms with van der Waals surface area (Å²) in [6.07, 6.45) is 5.13. The van der Waals surface area contributed by atoms with Crippen molar-refractivity contribution in [2.45, 2.75) is 12.3 Å². The molecule has 4 rings (SSSR count). The van der Waals surface area contributed by atoms with Crippen LogP contribution in [0.5, 0.6) is 5.75 Å². The lowest BCUT2D eigenvalue weighted by molar-refractivity contribution is -0.123. The normalized spacial score (nSPS) is 28.1. The average molecular weight is 239 g/mol. The molecule has 3 nitrogen and oxygen atoms in total. The van der Waals surface area contributed by atoms with Gasteiger partial charge < -0.3 is 10.1 Å². The van der Waals surface area contributed by atoms with E-state index in [0.29, 0.717) is 5.92 Å². The van der Waals surface area contributed by atoms with Gasteiger partial charge in [-0.15, -0.1) is 0 Å². The number of hydrogen-bond acceptors (Lipinski definition) is 2. The van der Waals surface area contributed by atoms with Gasteiger partial charge in [0.15, 0.2) is 0 Å². The van der Waals surface area contributed by atoms with E-state index in [0.717, 1.165) is 30.0 Å². The van der Waals surface area contributed by atoms with Crippen LogP contribution < -0.4 is 10.1 Å². The largest absolute Gasteiger partial charge is 0.457 e. The molecule has 18 heavy (non-hydrogen) atoms. The van der Waals surface area contributed by atoms with Crippen molar-refractivity contribution in [1.82, 2.24) is 5.32 Å². The number of para-hydroxylation sites is 1. The smallest absolute Gasteiger partial charge is 0.231 e. The number of amides is 1. The third-order valence-corrected chi connectivity index (χ3v) is 3.96. The number of allylic oxidation sites excluding steroid dienone is 2. The third-order valence-electron chi connectivity index (χ3n) is 3.96. The minimum Gasteiger partial charge on any atom is -0.457 e. The number of carbonyl (C=O) groups is 1. The molecule has 1 aromatic rings. The fourth-order valence-electron chi connectivity index (χ4n) is 3.13. The molecule has 2 aliphatic heterocycles. The molecule has 1 saturated heterocycles. The molecule has 1 amide bonds.